The molecule has 0 bridgehead atoms. The van der Waals surface area contributed by atoms with E-state index in [0.717, 1.165) is 18.5 Å². The summed E-state index contributed by atoms with van der Waals surface area (Å²) in [4.78, 5) is 37.0. The minimum Gasteiger partial charge on any atom is -0.465 e. The van der Waals surface area contributed by atoms with Crippen molar-refractivity contribution in [2.45, 2.75) is 32.9 Å². The Labute approximate surface area is 191 Å². The van der Waals surface area contributed by atoms with Gasteiger partial charge in [-0.05, 0) is 24.6 Å². The van der Waals surface area contributed by atoms with Gasteiger partial charge in [0.25, 0.3) is 5.91 Å². The van der Waals surface area contributed by atoms with Crippen molar-refractivity contribution >= 4 is 23.6 Å². The Morgan fingerprint density at radius 3 is 2.82 bits per heavy atom. The van der Waals surface area contributed by atoms with E-state index in [1.807, 2.05) is 35.7 Å². The monoisotopic (exact) mass is 450 g/mol. The maximum Gasteiger partial charge on any atom is 0.404 e. The number of aromatic nitrogens is 5. The summed E-state index contributed by atoms with van der Waals surface area (Å²) in [6.07, 6.45) is 1.90. The van der Waals surface area contributed by atoms with Crippen LogP contribution in [0.15, 0.2) is 30.6 Å². The molecule has 2 amide bonds. The van der Waals surface area contributed by atoms with Crippen molar-refractivity contribution in [1.82, 2.24) is 30.0 Å². The largest absolute Gasteiger partial charge is 0.465 e. The average molecular weight is 451 g/mol. The fourth-order valence-corrected chi connectivity index (χ4v) is 3.82. The molecule has 0 fully saturated rings. The van der Waals surface area contributed by atoms with E-state index in [0.29, 0.717) is 47.4 Å². The molecule has 3 aromatic rings. The van der Waals surface area contributed by atoms with E-state index >= 15 is 0 Å². The van der Waals surface area contributed by atoms with Gasteiger partial charge in [-0.15, -0.1) is 10.2 Å². The van der Waals surface area contributed by atoms with E-state index in [-0.39, 0.29) is 12.5 Å². The molecule has 1 aliphatic rings. The molecule has 0 spiro atoms. The molecule has 0 unspecified atom stereocenters. The van der Waals surface area contributed by atoms with E-state index in [9.17, 15) is 9.59 Å². The molecule has 4 heterocycles. The number of carboxylic acid groups (broad SMARTS) is 1. The van der Waals surface area contributed by atoms with Crippen LogP contribution < -0.4 is 15.1 Å². The molecule has 0 aliphatic carbocycles. The summed E-state index contributed by atoms with van der Waals surface area (Å²) in [5.41, 5.74) is 2.68. The SMILES string of the molecule is CCCn1cnnc1-c1cccc(N2Cc3c(cc(N(C)C)nc3CCNC(=O)O)C2=O)n1. The first kappa shape index (κ1) is 22.2. The van der Waals surface area contributed by atoms with Crippen molar-refractivity contribution < 1.29 is 14.7 Å². The van der Waals surface area contributed by atoms with Crippen LogP contribution in [0.3, 0.4) is 0 Å². The first-order valence-corrected chi connectivity index (χ1v) is 10.7. The average Bonchev–Trinajstić information content (AvgIpc) is 3.38. The number of nitrogens with one attached hydrogen (secondary N) is 1. The number of carbonyl (C=O) groups excluding carboxylic acids is 1. The van der Waals surface area contributed by atoms with Crippen LogP contribution >= 0.6 is 0 Å². The molecule has 11 nitrogen and oxygen atoms in total. The van der Waals surface area contributed by atoms with E-state index < -0.39 is 6.09 Å². The number of anilines is 2. The highest BCUT2D eigenvalue weighted by Gasteiger charge is 2.33. The summed E-state index contributed by atoms with van der Waals surface area (Å²) in [6, 6.07) is 7.26. The molecule has 4 rings (SSSR count). The summed E-state index contributed by atoms with van der Waals surface area (Å²) in [6.45, 7) is 3.37. The highest BCUT2D eigenvalue weighted by molar-refractivity contribution is 6.10. The topological polar surface area (TPSA) is 129 Å². The minimum atomic E-state index is -1.09. The third-order valence-corrected chi connectivity index (χ3v) is 5.40. The first-order valence-electron chi connectivity index (χ1n) is 10.7. The van der Waals surface area contributed by atoms with Crippen LogP contribution in [0.25, 0.3) is 11.5 Å². The predicted molar refractivity (Wildman–Crippen MR) is 122 cm³/mol. The van der Waals surface area contributed by atoms with Crippen LogP contribution in [0.4, 0.5) is 16.4 Å². The molecular weight excluding hydrogens is 424 g/mol. The lowest BCUT2D eigenvalue weighted by molar-refractivity contribution is 0.0996. The Bertz CT molecular complexity index is 1190. The molecule has 0 radical (unpaired) electrons. The zero-order valence-corrected chi connectivity index (χ0v) is 18.8. The number of nitrogens with zero attached hydrogens (tertiary/aromatic N) is 7. The van der Waals surface area contributed by atoms with E-state index in [4.69, 9.17) is 10.1 Å². The van der Waals surface area contributed by atoms with E-state index in [2.05, 4.69) is 27.4 Å². The maximum absolute atomic E-state index is 13.4. The lowest BCUT2D eigenvalue weighted by Crippen LogP contribution is -2.24. The first-order chi connectivity index (χ1) is 15.9. The standard InChI is InChI=1S/C22H26N8O3/c1-4-10-29-13-24-27-20(29)17-6-5-7-18(26-17)30-12-15-14(21(30)31)11-19(28(2)3)25-16(15)8-9-23-22(32)33/h5-7,11,13,23H,4,8-10,12H2,1-3H3,(H,32,33). The quantitative estimate of drug-likeness (QED) is 0.534. The van der Waals surface area contributed by atoms with Gasteiger partial charge in [-0.3, -0.25) is 9.69 Å². The van der Waals surface area contributed by atoms with Crippen LogP contribution in [-0.2, 0) is 19.5 Å². The Morgan fingerprint density at radius 1 is 1.27 bits per heavy atom. The molecular formula is C22H26N8O3. The molecule has 0 aromatic carbocycles. The van der Waals surface area contributed by atoms with Gasteiger partial charge in [-0.1, -0.05) is 13.0 Å². The fourth-order valence-electron chi connectivity index (χ4n) is 3.82. The van der Waals surface area contributed by atoms with Gasteiger partial charge in [-0.25, -0.2) is 14.8 Å². The summed E-state index contributed by atoms with van der Waals surface area (Å²) in [5.74, 6) is 1.65. The van der Waals surface area contributed by atoms with Crippen molar-refractivity contribution in [2.75, 3.05) is 30.4 Å². The maximum atomic E-state index is 13.4. The second-order valence-corrected chi connectivity index (χ2v) is 7.95. The second kappa shape index (κ2) is 9.23. The number of hydrogen-bond acceptors (Lipinski definition) is 7. The molecule has 33 heavy (non-hydrogen) atoms. The van der Waals surface area contributed by atoms with Crippen molar-refractivity contribution in [2.24, 2.45) is 0 Å². The number of pyridine rings is 2. The van der Waals surface area contributed by atoms with Gasteiger partial charge in [0.1, 0.15) is 23.7 Å². The van der Waals surface area contributed by atoms with Crippen LogP contribution in [0.1, 0.15) is 35.0 Å². The van der Waals surface area contributed by atoms with Gasteiger partial charge < -0.3 is 19.9 Å². The Balaban J connectivity index is 1.67. The molecule has 2 N–H and O–H groups in total. The Morgan fingerprint density at radius 2 is 2.09 bits per heavy atom. The van der Waals surface area contributed by atoms with E-state index in [1.165, 1.54) is 0 Å². The molecule has 11 heteroatoms. The molecule has 172 valence electrons. The van der Waals surface area contributed by atoms with Crippen LogP contribution in [0, 0.1) is 0 Å². The van der Waals surface area contributed by atoms with Crippen molar-refractivity contribution in [1.29, 1.82) is 0 Å². The number of carbonyl (C=O) groups is 2. The zero-order valence-electron chi connectivity index (χ0n) is 18.8. The third kappa shape index (κ3) is 4.47. The number of amides is 2. The smallest absolute Gasteiger partial charge is 0.404 e. The summed E-state index contributed by atoms with van der Waals surface area (Å²) in [7, 11) is 3.70. The third-order valence-electron chi connectivity index (χ3n) is 5.40. The minimum absolute atomic E-state index is 0.164. The highest BCUT2D eigenvalue weighted by Crippen LogP contribution is 2.32. The van der Waals surface area contributed by atoms with Gasteiger partial charge >= 0.3 is 6.09 Å². The predicted octanol–water partition coefficient (Wildman–Crippen LogP) is 2.18. The van der Waals surface area contributed by atoms with E-state index in [1.54, 1.807) is 23.4 Å². The number of aryl methyl sites for hydroxylation is 1. The van der Waals surface area contributed by atoms with Gasteiger partial charge in [0.15, 0.2) is 5.82 Å². The highest BCUT2D eigenvalue weighted by atomic mass is 16.4. The lowest BCUT2D eigenvalue weighted by atomic mass is 10.1. The molecule has 0 saturated carbocycles. The summed E-state index contributed by atoms with van der Waals surface area (Å²) < 4.78 is 1.94. The summed E-state index contributed by atoms with van der Waals surface area (Å²) in [5, 5.41) is 19.5. The number of rotatable bonds is 8. The van der Waals surface area contributed by atoms with Crippen molar-refractivity contribution in [3.8, 4) is 11.5 Å². The second-order valence-electron chi connectivity index (χ2n) is 7.95. The zero-order chi connectivity index (χ0) is 23.5. The lowest BCUT2D eigenvalue weighted by Gasteiger charge is -2.16. The number of fused-ring (bicyclic) bond motifs is 1. The van der Waals surface area contributed by atoms with Crippen molar-refractivity contribution in [3.05, 3.63) is 47.4 Å². The van der Waals surface area contributed by atoms with Gasteiger partial charge in [0.05, 0.1) is 17.8 Å². The van der Waals surface area contributed by atoms with Crippen LogP contribution in [0.2, 0.25) is 0 Å². The van der Waals surface area contributed by atoms with Gasteiger partial charge in [0.2, 0.25) is 0 Å². The van der Waals surface area contributed by atoms with Gasteiger partial charge in [-0.2, -0.15) is 0 Å². The van der Waals surface area contributed by atoms with Crippen molar-refractivity contribution in [3.63, 3.8) is 0 Å². The molecule has 3 aromatic heterocycles. The van der Waals surface area contributed by atoms with Crippen LogP contribution in [0.5, 0.6) is 0 Å². The van der Waals surface area contributed by atoms with Crippen LogP contribution in [-0.4, -0.2) is 62.5 Å². The van der Waals surface area contributed by atoms with Gasteiger partial charge in [0, 0.05) is 39.2 Å². The Hall–Kier alpha value is -4.02. The molecule has 1 aliphatic heterocycles. The molecule has 0 saturated heterocycles. The summed E-state index contributed by atoms with van der Waals surface area (Å²) >= 11 is 0. The Kier molecular flexibility index (Phi) is 6.20. The number of hydrogen-bond donors (Lipinski definition) is 2. The fraction of sp³-hybridized carbons (Fsp3) is 0.364. The normalized spacial score (nSPS) is 12.7. The molecule has 0 atom stereocenters.